The number of carbonyl (C=O) groups excluding carboxylic acids is 1. The minimum Gasteiger partial charge on any atom is -0.390 e. The number of aryl methyl sites for hydroxylation is 1. The summed E-state index contributed by atoms with van der Waals surface area (Å²) in [6, 6.07) is 0. The van der Waals surface area contributed by atoms with E-state index in [4.69, 9.17) is 0 Å². The molecule has 8 heteroatoms. The smallest absolute Gasteiger partial charge is 0.390 e. The molecule has 3 rings (SSSR count). The number of likely N-dealkylation sites (tertiary alicyclic amines) is 1. The highest BCUT2D eigenvalue weighted by Gasteiger charge is 2.44. The topological polar surface area (TPSA) is 58.4 Å². The van der Waals surface area contributed by atoms with Crippen LogP contribution in [-0.2, 0) is 24.4 Å². The molecule has 140 valence electrons. The maximum absolute atomic E-state index is 13.0. The number of hydrogen-bond donors (Lipinski definition) is 1. The van der Waals surface area contributed by atoms with E-state index in [1.807, 2.05) is 0 Å². The summed E-state index contributed by atoms with van der Waals surface area (Å²) < 4.78 is 40.3. The van der Waals surface area contributed by atoms with Crippen molar-refractivity contribution in [3.8, 4) is 0 Å². The molecule has 0 aromatic carbocycles. The predicted octanol–water partition coefficient (Wildman–Crippen LogP) is 2.38. The van der Waals surface area contributed by atoms with Gasteiger partial charge in [-0.15, -0.1) is 0 Å². The van der Waals surface area contributed by atoms with Gasteiger partial charge in [0.05, 0.1) is 5.60 Å². The fraction of sp³-hybridized carbons (Fsp3) is 0.765. The number of nitrogens with zero attached hydrogens (tertiary/aromatic N) is 3. The van der Waals surface area contributed by atoms with Crippen molar-refractivity contribution in [2.75, 3.05) is 13.1 Å². The van der Waals surface area contributed by atoms with Crippen molar-refractivity contribution in [1.82, 2.24) is 14.7 Å². The number of aliphatic hydroxyl groups is 1. The van der Waals surface area contributed by atoms with Gasteiger partial charge in [0.15, 0.2) is 5.69 Å². The van der Waals surface area contributed by atoms with Crippen LogP contribution in [0.2, 0.25) is 0 Å². The van der Waals surface area contributed by atoms with Crippen molar-refractivity contribution in [2.45, 2.75) is 50.8 Å². The van der Waals surface area contributed by atoms with E-state index in [1.165, 1.54) is 17.9 Å². The summed E-state index contributed by atoms with van der Waals surface area (Å²) in [7, 11) is 1.49. The van der Waals surface area contributed by atoms with Crippen LogP contribution in [0.5, 0.6) is 0 Å². The quantitative estimate of drug-likeness (QED) is 0.902. The van der Waals surface area contributed by atoms with Crippen LogP contribution in [0.1, 0.15) is 43.9 Å². The molecule has 1 aliphatic carbocycles. The molecule has 2 heterocycles. The van der Waals surface area contributed by atoms with Gasteiger partial charge in [0.1, 0.15) is 0 Å². The Kier molecular flexibility index (Phi) is 4.59. The first-order chi connectivity index (χ1) is 11.5. The van der Waals surface area contributed by atoms with Crippen LogP contribution in [0, 0.1) is 11.8 Å². The molecule has 0 unspecified atom stereocenters. The minimum atomic E-state index is -4.44. The van der Waals surface area contributed by atoms with Gasteiger partial charge >= 0.3 is 6.18 Å². The Morgan fingerprint density at radius 3 is 2.48 bits per heavy atom. The van der Waals surface area contributed by atoms with E-state index in [0.29, 0.717) is 45.2 Å². The number of halogens is 3. The Labute approximate surface area is 144 Å². The number of piperidine rings is 1. The lowest BCUT2D eigenvalue weighted by Gasteiger charge is -2.43. The number of hydrogen-bond acceptors (Lipinski definition) is 3. The summed E-state index contributed by atoms with van der Waals surface area (Å²) in [5, 5.41) is 13.3. The third-order valence-electron chi connectivity index (χ3n) is 5.33. The van der Waals surface area contributed by atoms with Crippen LogP contribution in [0.15, 0.2) is 6.20 Å². The SMILES string of the molecule is Cn1cc(CC2CCN(C(=O)C3CC(C)(O)C3)CC2)c(C(F)(F)F)n1. The molecule has 1 aromatic rings. The minimum absolute atomic E-state index is 0.0716. The van der Waals surface area contributed by atoms with E-state index in [0.717, 1.165) is 0 Å². The second-order valence-electron chi connectivity index (χ2n) is 7.75. The molecule has 1 aliphatic heterocycles. The van der Waals surface area contributed by atoms with Gasteiger partial charge in [0.2, 0.25) is 5.91 Å². The first-order valence-corrected chi connectivity index (χ1v) is 8.66. The third-order valence-corrected chi connectivity index (χ3v) is 5.33. The molecule has 1 saturated carbocycles. The molecule has 0 spiro atoms. The number of carbonyl (C=O) groups is 1. The average molecular weight is 359 g/mol. The summed E-state index contributed by atoms with van der Waals surface area (Å²) >= 11 is 0. The second kappa shape index (κ2) is 6.30. The van der Waals surface area contributed by atoms with Crippen molar-refractivity contribution in [2.24, 2.45) is 18.9 Å². The number of rotatable bonds is 3. The monoisotopic (exact) mass is 359 g/mol. The lowest BCUT2D eigenvalue weighted by atomic mass is 9.71. The lowest BCUT2D eigenvalue weighted by Crippen LogP contribution is -2.51. The Hall–Kier alpha value is -1.57. The molecule has 1 N–H and O–H groups in total. The van der Waals surface area contributed by atoms with Gasteiger partial charge < -0.3 is 10.0 Å². The van der Waals surface area contributed by atoms with Gasteiger partial charge in [-0.25, -0.2) is 0 Å². The molecule has 2 aliphatic rings. The Morgan fingerprint density at radius 2 is 1.96 bits per heavy atom. The fourth-order valence-electron chi connectivity index (χ4n) is 4.03. The van der Waals surface area contributed by atoms with Crippen LogP contribution in [0.4, 0.5) is 13.2 Å². The molecule has 1 amide bonds. The summed E-state index contributed by atoms with van der Waals surface area (Å²) in [6.45, 7) is 2.88. The molecule has 0 atom stereocenters. The Bertz CT molecular complexity index is 638. The number of amides is 1. The van der Waals surface area contributed by atoms with Crippen molar-refractivity contribution in [1.29, 1.82) is 0 Å². The number of alkyl halides is 3. The molecule has 2 fully saturated rings. The van der Waals surface area contributed by atoms with Crippen molar-refractivity contribution >= 4 is 5.91 Å². The zero-order valence-electron chi connectivity index (χ0n) is 14.5. The largest absolute Gasteiger partial charge is 0.435 e. The van der Waals surface area contributed by atoms with Gasteiger partial charge in [0.25, 0.3) is 0 Å². The van der Waals surface area contributed by atoms with Crippen LogP contribution >= 0.6 is 0 Å². The maximum atomic E-state index is 13.0. The molecule has 25 heavy (non-hydrogen) atoms. The molecule has 1 aromatic heterocycles. The maximum Gasteiger partial charge on any atom is 0.435 e. The normalized spacial score (nSPS) is 28.1. The fourth-order valence-corrected chi connectivity index (χ4v) is 4.03. The Balaban J connectivity index is 1.54. The first-order valence-electron chi connectivity index (χ1n) is 8.66. The van der Waals surface area contributed by atoms with E-state index < -0.39 is 17.5 Å². The van der Waals surface area contributed by atoms with E-state index in [1.54, 1.807) is 11.8 Å². The average Bonchev–Trinajstić information content (AvgIpc) is 2.85. The summed E-state index contributed by atoms with van der Waals surface area (Å²) in [4.78, 5) is 14.2. The van der Waals surface area contributed by atoms with Gasteiger partial charge in [0, 0.05) is 37.8 Å². The highest BCUT2D eigenvalue weighted by Crippen LogP contribution is 2.39. The van der Waals surface area contributed by atoms with Gasteiger partial charge in [-0.05, 0) is 44.9 Å². The van der Waals surface area contributed by atoms with Crippen molar-refractivity contribution < 1.29 is 23.1 Å². The number of aromatic nitrogens is 2. The lowest BCUT2D eigenvalue weighted by molar-refractivity contribution is -0.151. The zero-order chi connectivity index (χ0) is 18.4. The zero-order valence-corrected chi connectivity index (χ0v) is 14.5. The van der Waals surface area contributed by atoms with E-state index in [9.17, 15) is 23.1 Å². The summed E-state index contributed by atoms with van der Waals surface area (Å²) in [5.41, 5.74) is -1.30. The highest BCUT2D eigenvalue weighted by molar-refractivity contribution is 5.80. The van der Waals surface area contributed by atoms with E-state index >= 15 is 0 Å². The van der Waals surface area contributed by atoms with Gasteiger partial charge in [-0.1, -0.05) is 0 Å². The predicted molar refractivity (Wildman–Crippen MR) is 84.6 cm³/mol. The van der Waals surface area contributed by atoms with Gasteiger partial charge in [-0.2, -0.15) is 18.3 Å². The Morgan fingerprint density at radius 1 is 1.36 bits per heavy atom. The standard InChI is InChI=1S/C17H24F3N3O2/c1-16(25)8-13(9-16)15(24)23-5-3-11(4-6-23)7-12-10-22(2)21-14(12)17(18,19)20/h10-11,13,25H,3-9H2,1-2H3. The third kappa shape index (κ3) is 3.99. The first kappa shape index (κ1) is 18.2. The molecule has 5 nitrogen and oxygen atoms in total. The highest BCUT2D eigenvalue weighted by atomic mass is 19.4. The second-order valence-corrected chi connectivity index (χ2v) is 7.75. The van der Waals surface area contributed by atoms with E-state index in [2.05, 4.69) is 5.10 Å². The van der Waals surface area contributed by atoms with Crippen molar-refractivity contribution in [3.63, 3.8) is 0 Å². The molecular formula is C17H24F3N3O2. The molecular weight excluding hydrogens is 335 g/mol. The van der Waals surface area contributed by atoms with Crippen LogP contribution in [0.25, 0.3) is 0 Å². The summed E-state index contributed by atoms with van der Waals surface area (Å²) in [6.07, 6.45) is -0.275. The molecule has 0 radical (unpaired) electrons. The van der Waals surface area contributed by atoms with Crippen molar-refractivity contribution in [3.05, 3.63) is 17.5 Å². The van der Waals surface area contributed by atoms with Crippen LogP contribution in [0.3, 0.4) is 0 Å². The van der Waals surface area contributed by atoms with Crippen LogP contribution < -0.4 is 0 Å². The summed E-state index contributed by atoms with van der Waals surface area (Å²) in [5.74, 6) is 0.0860. The van der Waals surface area contributed by atoms with Gasteiger partial charge in [-0.3, -0.25) is 9.48 Å². The molecule has 1 saturated heterocycles. The van der Waals surface area contributed by atoms with Crippen LogP contribution in [-0.4, -0.2) is 44.4 Å². The van der Waals surface area contributed by atoms with E-state index in [-0.39, 0.29) is 23.3 Å². The molecule has 0 bridgehead atoms.